The molecule has 0 spiro atoms. The number of carbonyl (C=O) groups excluding carboxylic acids is 3. The fourth-order valence-corrected chi connectivity index (χ4v) is 3.07. The zero-order valence-corrected chi connectivity index (χ0v) is 17.6. The third kappa shape index (κ3) is 5.79. The Labute approximate surface area is 181 Å². The van der Waals surface area contributed by atoms with Crippen LogP contribution in [0.3, 0.4) is 0 Å². The van der Waals surface area contributed by atoms with E-state index in [4.69, 9.17) is 4.74 Å². The quantitative estimate of drug-likeness (QED) is 0.566. The molecule has 0 saturated carbocycles. The molecule has 0 radical (unpaired) electrons. The third-order valence-corrected chi connectivity index (χ3v) is 4.63. The molecule has 0 aromatic heterocycles. The molecule has 158 valence electrons. The Morgan fingerprint density at radius 2 is 1.58 bits per heavy atom. The van der Waals surface area contributed by atoms with Crippen molar-refractivity contribution in [1.29, 1.82) is 0 Å². The zero-order chi connectivity index (χ0) is 22.4. The first-order valence-electron chi connectivity index (χ1n) is 9.85. The Bertz CT molecular complexity index is 1110. The summed E-state index contributed by atoms with van der Waals surface area (Å²) < 4.78 is 5.62. The Kier molecular flexibility index (Phi) is 6.82. The molecular formula is C25H24N2O4. The molecule has 6 heteroatoms. The van der Waals surface area contributed by atoms with Crippen LogP contribution in [-0.4, -0.2) is 17.8 Å². The van der Waals surface area contributed by atoms with Gasteiger partial charge in [0.25, 0.3) is 5.91 Å². The largest absolute Gasteiger partial charge is 0.444 e. The molecule has 0 saturated heterocycles. The minimum Gasteiger partial charge on any atom is -0.444 e. The molecule has 31 heavy (non-hydrogen) atoms. The SMILES string of the molecule is CC(=O)Nc1cccc(C(=O)OC(C(=O)Nc2cc(C)ccc2C)c2ccccc2)c1. The van der Waals surface area contributed by atoms with Crippen molar-refractivity contribution in [1.82, 2.24) is 0 Å². The van der Waals surface area contributed by atoms with Crippen LogP contribution in [0.4, 0.5) is 11.4 Å². The number of nitrogens with one attached hydrogen (secondary N) is 2. The first kappa shape index (κ1) is 21.8. The van der Waals surface area contributed by atoms with Crippen molar-refractivity contribution in [3.8, 4) is 0 Å². The minimum atomic E-state index is -1.14. The average Bonchev–Trinajstić information content (AvgIpc) is 2.74. The van der Waals surface area contributed by atoms with Crippen molar-refractivity contribution >= 4 is 29.2 Å². The standard InChI is InChI=1S/C25H24N2O4/c1-16-12-13-17(2)22(14-16)27-24(29)23(19-8-5-4-6-9-19)31-25(30)20-10-7-11-21(15-20)26-18(3)28/h4-15,23H,1-3H3,(H,26,28)(H,27,29). The van der Waals surface area contributed by atoms with E-state index in [0.717, 1.165) is 11.1 Å². The maximum absolute atomic E-state index is 13.1. The summed E-state index contributed by atoms with van der Waals surface area (Å²) in [7, 11) is 0. The highest BCUT2D eigenvalue weighted by Crippen LogP contribution is 2.24. The number of amides is 2. The normalized spacial score (nSPS) is 11.3. The lowest BCUT2D eigenvalue weighted by Gasteiger charge is -2.19. The molecule has 3 rings (SSSR count). The van der Waals surface area contributed by atoms with Crippen LogP contribution in [0.15, 0.2) is 72.8 Å². The van der Waals surface area contributed by atoms with E-state index in [9.17, 15) is 14.4 Å². The van der Waals surface area contributed by atoms with Gasteiger partial charge < -0.3 is 15.4 Å². The maximum atomic E-state index is 13.1. The molecular weight excluding hydrogens is 392 g/mol. The van der Waals surface area contributed by atoms with Gasteiger partial charge in [-0.3, -0.25) is 9.59 Å². The van der Waals surface area contributed by atoms with Crippen molar-refractivity contribution in [2.45, 2.75) is 26.9 Å². The van der Waals surface area contributed by atoms with Gasteiger partial charge in [0.1, 0.15) is 0 Å². The maximum Gasteiger partial charge on any atom is 0.339 e. The molecule has 1 atom stereocenters. The van der Waals surface area contributed by atoms with Crippen LogP contribution >= 0.6 is 0 Å². The Morgan fingerprint density at radius 1 is 0.839 bits per heavy atom. The van der Waals surface area contributed by atoms with Gasteiger partial charge in [-0.25, -0.2) is 4.79 Å². The van der Waals surface area contributed by atoms with E-state index in [0.29, 0.717) is 16.9 Å². The summed E-state index contributed by atoms with van der Waals surface area (Å²) in [5.74, 6) is -1.37. The van der Waals surface area contributed by atoms with E-state index in [2.05, 4.69) is 10.6 Å². The minimum absolute atomic E-state index is 0.228. The van der Waals surface area contributed by atoms with Gasteiger partial charge in [-0.2, -0.15) is 0 Å². The summed E-state index contributed by atoms with van der Waals surface area (Å²) in [5.41, 5.74) is 3.82. The highest BCUT2D eigenvalue weighted by atomic mass is 16.5. The molecule has 0 bridgehead atoms. The van der Waals surface area contributed by atoms with Crippen LogP contribution in [0.25, 0.3) is 0 Å². The van der Waals surface area contributed by atoms with Crippen LogP contribution in [0.5, 0.6) is 0 Å². The van der Waals surface area contributed by atoms with Gasteiger partial charge in [0, 0.05) is 23.9 Å². The van der Waals surface area contributed by atoms with E-state index in [1.807, 2.05) is 38.1 Å². The van der Waals surface area contributed by atoms with E-state index in [-0.39, 0.29) is 11.5 Å². The van der Waals surface area contributed by atoms with Gasteiger partial charge in [0.2, 0.25) is 12.0 Å². The molecule has 0 aliphatic carbocycles. The molecule has 0 heterocycles. The van der Waals surface area contributed by atoms with E-state index in [1.54, 1.807) is 42.5 Å². The van der Waals surface area contributed by atoms with Gasteiger partial charge >= 0.3 is 5.97 Å². The van der Waals surface area contributed by atoms with Gasteiger partial charge in [0.15, 0.2) is 0 Å². The molecule has 1 unspecified atom stereocenters. The number of hydrogen-bond acceptors (Lipinski definition) is 4. The summed E-state index contributed by atoms with van der Waals surface area (Å²) >= 11 is 0. The molecule has 3 aromatic rings. The molecule has 2 N–H and O–H groups in total. The van der Waals surface area contributed by atoms with Gasteiger partial charge in [-0.05, 0) is 49.2 Å². The fraction of sp³-hybridized carbons (Fsp3) is 0.160. The topological polar surface area (TPSA) is 84.5 Å². The summed E-state index contributed by atoms with van der Waals surface area (Å²) in [6, 6.07) is 21.0. The number of hydrogen-bond donors (Lipinski definition) is 2. The Hall–Kier alpha value is -3.93. The number of rotatable bonds is 6. The third-order valence-electron chi connectivity index (χ3n) is 4.63. The lowest BCUT2D eigenvalue weighted by atomic mass is 10.1. The highest BCUT2D eigenvalue weighted by molar-refractivity contribution is 5.99. The Balaban J connectivity index is 1.86. The van der Waals surface area contributed by atoms with Crippen LogP contribution in [0.2, 0.25) is 0 Å². The summed E-state index contributed by atoms with van der Waals surface area (Å²) in [6.07, 6.45) is -1.14. The van der Waals surface area contributed by atoms with E-state index in [1.165, 1.54) is 13.0 Å². The number of benzene rings is 3. The van der Waals surface area contributed by atoms with Gasteiger partial charge in [0.05, 0.1) is 5.56 Å². The molecule has 2 amide bonds. The predicted molar refractivity (Wildman–Crippen MR) is 120 cm³/mol. The van der Waals surface area contributed by atoms with Crippen molar-refractivity contribution in [2.75, 3.05) is 10.6 Å². The number of esters is 1. The van der Waals surface area contributed by atoms with Crippen LogP contribution in [0, 0.1) is 13.8 Å². The van der Waals surface area contributed by atoms with Crippen LogP contribution < -0.4 is 10.6 Å². The smallest absolute Gasteiger partial charge is 0.339 e. The molecule has 3 aromatic carbocycles. The first-order valence-corrected chi connectivity index (χ1v) is 9.85. The van der Waals surface area contributed by atoms with Crippen molar-refractivity contribution in [2.24, 2.45) is 0 Å². The number of aryl methyl sites for hydroxylation is 2. The second kappa shape index (κ2) is 9.71. The first-order chi connectivity index (χ1) is 14.8. The number of ether oxygens (including phenoxy) is 1. The second-order valence-corrected chi connectivity index (χ2v) is 7.27. The van der Waals surface area contributed by atoms with Gasteiger partial charge in [-0.15, -0.1) is 0 Å². The summed E-state index contributed by atoms with van der Waals surface area (Å²) in [5, 5.41) is 5.50. The van der Waals surface area contributed by atoms with E-state index >= 15 is 0 Å². The van der Waals surface area contributed by atoms with Crippen molar-refractivity contribution in [3.63, 3.8) is 0 Å². The molecule has 0 aliphatic heterocycles. The molecule has 6 nitrogen and oxygen atoms in total. The van der Waals surface area contributed by atoms with Crippen molar-refractivity contribution in [3.05, 3.63) is 95.1 Å². The average molecular weight is 416 g/mol. The Morgan fingerprint density at radius 3 is 2.29 bits per heavy atom. The fourth-order valence-electron chi connectivity index (χ4n) is 3.07. The van der Waals surface area contributed by atoms with Crippen LogP contribution in [0.1, 0.15) is 40.1 Å². The number of anilines is 2. The monoisotopic (exact) mass is 416 g/mol. The molecule has 0 fully saturated rings. The van der Waals surface area contributed by atoms with Gasteiger partial charge in [-0.1, -0.05) is 48.5 Å². The summed E-state index contributed by atoms with van der Waals surface area (Å²) in [6.45, 7) is 5.21. The number of carbonyl (C=O) groups is 3. The van der Waals surface area contributed by atoms with Crippen LogP contribution in [-0.2, 0) is 14.3 Å². The zero-order valence-electron chi connectivity index (χ0n) is 17.6. The second-order valence-electron chi connectivity index (χ2n) is 7.27. The lowest BCUT2D eigenvalue weighted by Crippen LogP contribution is -2.26. The predicted octanol–water partition coefficient (Wildman–Crippen LogP) is 4.80. The van der Waals surface area contributed by atoms with Crippen molar-refractivity contribution < 1.29 is 19.1 Å². The molecule has 0 aliphatic rings. The van der Waals surface area contributed by atoms with E-state index < -0.39 is 18.0 Å². The highest BCUT2D eigenvalue weighted by Gasteiger charge is 2.26. The lowest BCUT2D eigenvalue weighted by molar-refractivity contribution is -0.125. The summed E-state index contributed by atoms with van der Waals surface area (Å²) in [4.78, 5) is 37.2.